The first-order chi connectivity index (χ1) is 13.6. The number of carbonyl (C=O) groups excluding carboxylic acids is 1. The largest absolute Gasteiger partial charge is 0.459 e. The third kappa shape index (κ3) is 10.3. The highest BCUT2D eigenvalue weighted by atomic mass is 16.5. The Balaban J connectivity index is 2.65. The zero-order valence-corrected chi connectivity index (χ0v) is 18.9. The molecule has 28 heavy (non-hydrogen) atoms. The minimum absolute atomic E-state index is 0.0547. The number of esters is 1. The van der Waals surface area contributed by atoms with Crippen molar-refractivity contribution in [1.82, 2.24) is 0 Å². The fourth-order valence-electron chi connectivity index (χ4n) is 3.99. The average Bonchev–Trinajstić information content (AvgIpc) is 2.74. The molecule has 2 heteroatoms. The topological polar surface area (TPSA) is 26.3 Å². The summed E-state index contributed by atoms with van der Waals surface area (Å²) in [5, 5.41) is 0. The summed E-state index contributed by atoms with van der Waals surface area (Å²) in [7, 11) is 0. The molecule has 0 aliphatic rings. The number of benzene rings is 1. The summed E-state index contributed by atoms with van der Waals surface area (Å²) in [6.45, 7) is 9.11. The lowest BCUT2D eigenvalue weighted by molar-refractivity contribution is 0.0226. The maximum atomic E-state index is 12.6. The van der Waals surface area contributed by atoms with E-state index in [1.807, 2.05) is 30.3 Å². The molecule has 1 aromatic rings. The van der Waals surface area contributed by atoms with E-state index in [9.17, 15) is 4.79 Å². The molecule has 0 aliphatic carbocycles. The SMILES string of the molecule is CCCC[C@@H](CC)CCC(CC[C@@H](CC)CCCC)OC(=O)c1ccccc1. The lowest BCUT2D eigenvalue weighted by Crippen LogP contribution is -2.21. The first kappa shape index (κ1) is 24.7. The predicted molar refractivity (Wildman–Crippen MR) is 121 cm³/mol. The van der Waals surface area contributed by atoms with Crippen LogP contribution in [-0.2, 0) is 4.74 Å². The van der Waals surface area contributed by atoms with Crippen molar-refractivity contribution in [2.45, 2.75) is 111 Å². The van der Waals surface area contributed by atoms with Crippen molar-refractivity contribution in [1.29, 1.82) is 0 Å². The van der Waals surface area contributed by atoms with Crippen molar-refractivity contribution in [3.8, 4) is 0 Å². The Bertz CT molecular complexity index is 476. The van der Waals surface area contributed by atoms with E-state index in [0.29, 0.717) is 5.56 Å². The number of rotatable bonds is 16. The quantitative estimate of drug-likeness (QED) is 0.267. The number of hydrogen-bond acceptors (Lipinski definition) is 2. The molecule has 2 nitrogen and oxygen atoms in total. The van der Waals surface area contributed by atoms with Gasteiger partial charge in [0.25, 0.3) is 0 Å². The van der Waals surface area contributed by atoms with E-state index >= 15 is 0 Å². The summed E-state index contributed by atoms with van der Waals surface area (Å²) in [6.07, 6.45) is 14.6. The first-order valence-electron chi connectivity index (χ1n) is 11.9. The summed E-state index contributed by atoms with van der Waals surface area (Å²) in [4.78, 5) is 12.6. The van der Waals surface area contributed by atoms with Crippen LogP contribution in [0.1, 0.15) is 115 Å². The van der Waals surface area contributed by atoms with Gasteiger partial charge in [0.2, 0.25) is 0 Å². The summed E-state index contributed by atoms with van der Waals surface area (Å²) in [5.74, 6) is 1.37. The lowest BCUT2D eigenvalue weighted by atomic mass is 9.89. The Labute approximate surface area is 174 Å². The second kappa shape index (κ2) is 15.6. The van der Waals surface area contributed by atoms with Gasteiger partial charge in [-0.15, -0.1) is 0 Å². The molecular formula is C26H44O2. The van der Waals surface area contributed by atoms with Gasteiger partial charge in [-0.2, -0.15) is 0 Å². The van der Waals surface area contributed by atoms with Crippen molar-refractivity contribution in [3.63, 3.8) is 0 Å². The van der Waals surface area contributed by atoms with Crippen molar-refractivity contribution in [2.75, 3.05) is 0 Å². The third-order valence-electron chi connectivity index (χ3n) is 6.16. The van der Waals surface area contributed by atoms with Crippen molar-refractivity contribution >= 4 is 5.97 Å². The monoisotopic (exact) mass is 388 g/mol. The lowest BCUT2D eigenvalue weighted by Gasteiger charge is -2.23. The van der Waals surface area contributed by atoms with Crippen molar-refractivity contribution < 1.29 is 9.53 Å². The number of unbranched alkanes of at least 4 members (excludes halogenated alkanes) is 2. The Morgan fingerprint density at radius 3 is 1.68 bits per heavy atom. The fourth-order valence-corrected chi connectivity index (χ4v) is 3.99. The van der Waals surface area contributed by atoms with Crippen LogP contribution in [-0.4, -0.2) is 12.1 Å². The average molecular weight is 389 g/mol. The smallest absolute Gasteiger partial charge is 0.338 e. The Hall–Kier alpha value is -1.31. The number of ether oxygens (including phenoxy) is 1. The maximum Gasteiger partial charge on any atom is 0.338 e. The minimum atomic E-state index is -0.159. The molecule has 0 heterocycles. The van der Waals surface area contributed by atoms with Gasteiger partial charge in [-0.25, -0.2) is 4.79 Å². The molecule has 0 saturated heterocycles. The standard InChI is InChI=1S/C26H44O2/c1-5-9-14-22(7-3)18-20-25(21-19-23(8-4)15-10-6-2)28-26(27)24-16-12-11-13-17-24/h11-13,16-17,22-23,25H,5-10,14-15,18-21H2,1-4H3/t22-,23+,25?. The van der Waals surface area contributed by atoms with Crippen LogP contribution in [0.3, 0.4) is 0 Å². The van der Waals surface area contributed by atoms with Gasteiger partial charge in [-0.05, 0) is 49.7 Å². The molecule has 0 aromatic heterocycles. The van der Waals surface area contributed by atoms with Crippen LogP contribution >= 0.6 is 0 Å². The van der Waals surface area contributed by atoms with Crippen molar-refractivity contribution in [2.24, 2.45) is 11.8 Å². The molecule has 0 spiro atoms. The van der Waals surface area contributed by atoms with Crippen molar-refractivity contribution in [3.05, 3.63) is 35.9 Å². The van der Waals surface area contributed by atoms with Crippen LogP contribution in [0.2, 0.25) is 0 Å². The van der Waals surface area contributed by atoms with Crippen LogP contribution in [0.4, 0.5) is 0 Å². The number of carbonyl (C=O) groups is 1. The summed E-state index contributed by atoms with van der Waals surface area (Å²) in [6, 6.07) is 9.45. The highest BCUT2D eigenvalue weighted by Crippen LogP contribution is 2.25. The van der Waals surface area contributed by atoms with E-state index in [4.69, 9.17) is 4.74 Å². The molecule has 0 aliphatic heterocycles. The van der Waals surface area contributed by atoms with Gasteiger partial charge in [0.05, 0.1) is 5.56 Å². The Morgan fingerprint density at radius 2 is 1.25 bits per heavy atom. The predicted octanol–water partition coefficient (Wildman–Crippen LogP) is 8.21. The zero-order valence-electron chi connectivity index (χ0n) is 18.9. The molecule has 0 radical (unpaired) electrons. The second-order valence-corrected chi connectivity index (χ2v) is 8.38. The van der Waals surface area contributed by atoms with Gasteiger partial charge >= 0.3 is 5.97 Å². The Kier molecular flexibility index (Phi) is 13.8. The molecule has 1 rings (SSSR count). The van der Waals surface area contributed by atoms with Gasteiger partial charge < -0.3 is 4.74 Å². The number of hydrogen-bond donors (Lipinski definition) is 0. The van der Waals surface area contributed by atoms with E-state index in [-0.39, 0.29) is 12.1 Å². The minimum Gasteiger partial charge on any atom is -0.459 e. The molecule has 1 unspecified atom stereocenters. The molecule has 3 atom stereocenters. The Morgan fingerprint density at radius 1 is 0.750 bits per heavy atom. The highest BCUT2D eigenvalue weighted by molar-refractivity contribution is 5.89. The van der Waals surface area contributed by atoms with Gasteiger partial charge in [-0.3, -0.25) is 0 Å². The molecule has 0 saturated carbocycles. The fraction of sp³-hybridized carbons (Fsp3) is 0.731. The first-order valence-corrected chi connectivity index (χ1v) is 11.9. The van der Waals surface area contributed by atoms with Crippen LogP contribution < -0.4 is 0 Å². The second-order valence-electron chi connectivity index (χ2n) is 8.38. The maximum absolute atomic E-state index is 12.6. The van der Waals surface area contributed by atoms with Crippen LogP contribution in [0.15, 0.2) is 30.3 Å². The van der Waals surface area contributed by atoms with E-state index in [2.05, 4.69) is 27.7 Å². The summed E-state index contributed by atoms with van der Waals surface area (Å²) in [5.41, 5.74) is 0.670. The summed E-state index contributed by atoms with van der Waals surface area (Å²) < 4.78 is 6.00. The van der Waals surface area contributed by atoms with E-state index in [1.165, 1.54) is 64.2 Å². The molecule has 0 fully saturated rings. The molecular weight excluding hydrogens is 344 g/mol. The third-order valence-corrected chi connectivity index (χ3v) is 6.16. The van der Waals surface area contributed by atoms with Crippen LogP contribution in [0.25, 0.3) is 0 Å². The van der Waals surface area contributed by atoms with E-state index in [0.717, 1.165) is 24.7 Å². The van der Waals surface area contributed by atoms with Crippen LogP contribution in [0.5, 0.6) is 0 Å². The molecule has 1 aromatic carbocycles. The van der Waals surface area contributed by atoms with Gasteiger partial charge in [-0.1, -0.05) is 97.3 Å². The molecule has 0 amide bonds. The molecule has 160 valence electrons. The highest BCUT2D eigenvalue weighted by Gasteiger charge is 2.19. The normalized spacial score (nSPS) is 14.4. The van der Waals surface area contributed by atoms with E-state index < -0.39 is 0 Å². The zero-order chi connectivity index (χ0) is 20.6. The van der Waals surface area contributed by atoms with Gasteiger partial charge in [0, 0.05) is 0 Å². The van der Waals surface area contributed by atoms with E-state index in [1.54, 1.807) is 0 Å². The van der Waals surface area contributed by atoms with Gasteiger partial charge in [0.1, 0.15) is 6.10 Å². The molecule has 0 N–H and O–H groups in total. The van der Waals surface area contributed by atoms with Crippen LogP contribution in [0, 0.1) is 11.8 Å². The molecule has 0 bridgehead atoms. The van der Waals surface area contributed by atoms with Gasteiger partial charge in [0.15, 0.2) is 0 Å². The summed E-state index contributed by atoms with van der Waals surface area (Å²) >= 11 is 0.